The van der Waals surface area contributed by atoms with E-state index in [2.05, 4.69) is 0 Å². The molecule has 0 saturated carbocycles. The molecule has 9 heavy (non-hydrogen) atoms. The highest BCUT2D eigenvalue weighted by Crippen LogP contribution is 1.96. The summed E-state index contributed by atoms with van der Waals surface area (Å²) in [6.07, 6.45) is 0. The van der Waals surface area contributed by atoms with Gasteiger partial charge in [-0.1, -0.05) is 13.8 Å². The molecule has 0 radical (unpaired) electrons. The van der Waals surface area contributed by atoms with Crippen molar-refractivity contribution in [1.82, 2.24) is 0 Å². The predicted molar refractivity (Wildman–Crippen MR) is 34.9 cm³/mol. The standard InChI is InChI=1S/C6H13NO2/c1-4(2)6(9)5(7)3-8/h4-5,8H,3,7H2,1-2H3/i/hT. The molecule has 0 aliphatic carbocycles. The first-order valence-electron chi connectivity index (χ1n) is 3.45. The Balaban J connectivity index is 3.89. The van der Waals surface area contributed by atoms with Crippen LogP contribution in [0.15, 0.2) is 0 Å². The molecule has 0 amide bonds. The van der Waals surface area contributed by atoms with E-state index in [0.717, 1.165) is 0 Å². The highest BCUT2D eigenvalue weighted by molar-refractivity contribution is 5.85. The predicted octanol–water partition coefficient (Wildman–Crippen LogP) is -0.469. The zero-order valence-corrected chi connectivity index (χ0v) is 5.72. The number of aliphatic hydroxyl groups excluding tert-OH is 1. The Hall–Kier alpha value is -0.410. The van der Waals surface area contributed by atoms with E-state index in [1.54, 1.807) is 13.8 Å². The smallest absolute Gasteiger partial charge is 0.154 e. The molecule has 0 aliphatic heterocycles. The molecule has 1 unspecified atom stereocenters. The molecule has 0 aromatic carbocycles. The van der Waals surface area contributed by atoms with E-state index in [4.69, 9.17) is 6.52 Å². The molecule has 3 N–H and O–H groups in total. The van der Waals surface area contributed by atoms with Crippen LogP contribution in [0.5, 0.6) is 0 Å². The van der Waals surface area contributed by atoms with Crippen LogP contribution >= 0.6 is 0 Å². The van der Waals surface area contributed by atoms with Gasteiger partial charge < -0.3 is 10.8 Å². The average molecular weight is 133 g/mol. The summed E-state index contributed by atoms with van der Waals surface area (Å²) in [5.74, 6) is -0.257. The van der Waals surface area contributed by atoms with Gasteiger partial charge in [0.05, 0.1) is 12.6 Å². The zero-order valence-electron chi connectivity index (χ0n) is 6.72. The number of rotatable bonds is 4. The number of nitrogens with two attached hydrogens (primary N) is 1. The molecule has 0 aliphatic rings. The summed E-state index contributed by atoms with van der Waals surface area (Å²) >= 11 is 0. The van der Waals surface area contributed by atoms with Gasteiger partial charge in [0.2, 0.25) is 0 Å². The van der Waals surface area contributed by atoms with Crippen molar-refractivity contribution in [3.05, 3.63) is 0 Å². The van der Waals surface area contributed by atoms with Gasteiger partial charge in [0.1, 0.15) is 1.41 Å². The Morgan fingerprint density at radius 1 is 1.89 bits per heavy atom. The first-order valence-corrected chi connectivity index (χ1v) is 2.95. The van der Waals surface area contributed by atoms with Gasteiger partial charge >= 0.3 is 0 Å². The van der Waals surface area contributed by atoms with Crippen molar-refractivity contribution in [2.45, 2.75) is 19.9 Å². The number of ketones is 1. The highest BCUT2D eigenvalue weighted by atomic mass is 16.3. The molecule has 3 heteroatoms. The molecule has 0 aromatic rings. The molecule has 54 valence electrons. The van der Waals surface area contributed by atoms with Crippen LogP contribution in [-0.4, -0.2) is 23.5 Å². The summed E-state index contributed by atoms with van der Waals surface area (Å²) in [7, 11) is 0. The molecule has 0 fully saturated rings. The molecule has 0 rings (SSSR count). The van der Waals surface area contributed by atoms with Gasteiger partial charge in [0, 0.05) is 5.92 Å². The van der Waals surface area contributed by atoms with Crippen LogP contribution in [-0.2, 0) is 4.79 Å². The van der Waals surface area contributed by atoms with E-state index in [1.807, 2.05) is 5.73 Å². The van der Waals surface area contributed by atoms with E-state index in [-0.39, 0.29) is 18.3 Å². The summed E-state index contributed by atoms with van der Waals surface area (Å²) < 4.78 is 6.65. The Bertz CT molecular complexity index is 112. The second kappa shape index (κ2) is 3.58. The summed E-state index contributed by atoms with van der Waals surface area (Å²) in [6, 6.07) is -0.722. The summed E-state index contributed by atoms with van der Waals surface area (Å²) in [6.45, 7) is 3.17. The average Bonchev–Trinajstić information content (AvgIpc) is 1.90. The van der Waals surface area contributed by atoms with Gasteiger partial charge in [-0.2, -0.15) is 0 Å². The Morgan fingerprint density at radius 3 is 2.56 bits per heavy atom. The maximum Gasteiger partial charge on any atom is 0.154 e. The maximum atomic E-state index is 11.0. The minimum atomic E-state index is -0.722. The van der Waals surface area contributed by atoms with Crippen LogP contribution < -0.4 is 5.73 Å². The van der Waals surface area contributed by atoms with Gasteiger partial charge in [-0.15, -0.1) is 0 Å². The summed E-state index contributed by atoms with van der Waals surface area (Å²) in [4.78, 5) is 11.0. The molecule has 1 atom stereocenters. The molecular weight excluding hydrogens is 118 g/mol. The normalized spacial score (nSPS) is 15.3. The van der Waals surface area contributed by atoms with Gasteiger partial charge in [-0.05, 0) is 0 Å². The molecule has 0 saturated heterocycles. The molecule has 0 spiro atoms. The first kappa shape index (κ1) is 6.71. The number of hydrogen-bond donors (Lipinski definition) is 2. The summed E-state index contributed by atoms with van der Waals surface area (Å²) in [5.41, 5.74) is 1.98. The summed E-state index contributed by atoms with van der Waals surface area (Å²) in [5, 5.41) is 8.54. The fourth-order valence-corrected chi connectivity index (χ4v) is 0.492. The minimum Gasteiger partial charge on any atom is -0.394 e. The third-order valence-electron chi connectivity index (χ3n) is 1.10. The van der Waals surface area contributed by atoms with E-state index >= 15 is 0 Å². The zero-order chi connectivity index (χ0) is 8.15. The molecule has 0 heterocycles. The van der Waals surface area contributed by atoms with Crippen molar-refractivity contribution in [2.75, 3.05) is 6.61 Å². The Labute approximate surface area is 56.3 Å². The maximum absolute atomic E-state index is 11.0. The topological polar surface area (TPSA) is 63.3 Å². The van der Waals surface area contributed by atoms with Crippen LogP contribution in [0.4, 0.5) is 0 Å². The fourth-order valence-electron chi connectivity index (χ4n) is 0.492. The number of hydrogen-bond acceptors (Lipinski definition) is 3. The van der Waals surface area contributed by atoms with Gasteiger partial charge in [-0.25, -0.2) is 0 Å². The second-order valence-electron chi connectivity index (χ2n) is 2.29. The first-order chi connectivity index (χ1) is 4.63. The van der Waals surface area contributed by atoms with Crippen molar-refractivity contribution in [2.24, 2.45) is 11.6 Å². The van der Waals surface area contributed by atoms with Crippen LogP contribution in [0.3, 0.4) is 0 Å². The minimum absolute atomic E-state index is 0.127. The van der Waals surface area contributed by atoms with Crippen LogP contribution in [0.25, 0.3) is 0 Å². The lowest BCUT2D eigenvalue weighted by Gasteiger charge is -2.08. The molecule has 0 bridgehead atoms. The lowest BCUT2D eigenvalue weighted by molar-refractivity contribution is -0.123. The molecule has 0 aromatic heterocycles. The van der Waals surface area contributed by atoms with Gasteiger partial charge in [0.15, 0.2) is 5.78 Å². The van der Waals surface area contributed by atoms with Crippen molar-refractivity contribution in [3.63, 3.8) is 0 Å². The number of Topliss-reactive ketones (excluding diaryl/α,β-unsaturated/α-hetero) is 1. The lowest BCUT2D eigenvalue weighted by atomic mass is 10.0. The number of carbonyl (C=O) groups is 1. The second-order valence-corrected chi connectivity index (χ2v) is 2.29. The fraction of sp³-hybridized carbons (Fsp3) is 0.833. The Kier molecular flexibility index (Phi) is 2.67. The van der Waals surface area contributed by atoms with E-state index in [0.29, 0.717) is 0 Å². The largest absolute Gasteiger partial charge is 0.394 e. The van der Waals surface area contributed by atoms with Crippen LogP contribution in [0.1, 0.15) is 13.8 Å². The third-order valence-corrected chi connectivity index (χ3v) is 1.10. The monoisotopic (exact) mass is 133 g/mol. The Morgan fingerprint density at radius 2 is 2.44 bits per heavy atom. The SMILES string of the molecule is [3H]NC(CO)C(=O)C(C)C. The quantitative estimate of drug-likeness (QED) is 0.545. The van der Waals surface area contributed by atoms with Gasteiger partial charge in [0.25, 0.3) is 0 Å². The van der Waals surface area contributed by atoms with Crippen molar-refractivity contribution >= 4 is 5.78 Å². The molecule has 3 nitrogen and oxygen atoms in total. The van der Waals surface area contributed by atoms with Gasteiger partial charge in [-0.3, -0.25) is 4.79 Å². The lowest BCUT2D eigenvalue weighted by Crippen LogP contribution is -2.36. The van der Waals surface area contributed by atoms with Crippen LogP contribution in [0, 0.1) is 5.92 Å². The van der Waals surface area contributed by atoms with Crippen molar-refractivity contribution in [3.8, 4) is 0 Å². The number of carbonyl (C=O) groups excluding carboxylic acids is 1. The van der Waals surface area contributed by atoms with E-state index in [1.165, 1.54) is 0 Å². The number of aliphatic hydroxyl groups is 1. The van der Waals surface area contributed by atoms with Crippen LogP contribution in [0.2, 0.25) is 1.41 Å². The van der Waals surface area contributed by atoms with E-state index in [9.17, 15) is 4.79 Å². The third kappa shape index (κ3) is 2.58. The van der Waals surface area contributed by atoms with Crippen molar-refractivity contribution < 1.29 is 11.3 Å². The highest BCUT2D eigenvalue weighted by Gasteiger charge is 2.14. The van der Waals surface area contributed by atoms with Crippen molar-refractivity contribution in [1.29, 1.82) is 0 Å². The molecular formula is C6H13NO2. The van der Waals surface area contributed by atoms with E-state index < -0.39 is 6.04 Å².